The monoisotopic (exact) mass is 354 g/mol. The Kier molecular flexibility index (Phi) is 5.32. The summed E-state index contributed by atoms with van der Waals surface area (Å²) in [7, 11) is 0. The molecule has 1 aromatic carbocycles. The van der Waals surface area contributed by atoms with Gasteiger partial charge in [-0.1, -0.05) is 12.1 Å². The van der Waals surface area contributed by atoms with Crippen LogP contribution in [0.15, 0.2) is 43.0 Å². The van der Waals surface area contributed by atoms with Crippen LogP contribution in [0, 0.1) is 0 Å². The number of imidazole rings is 1. The van der Waals surface area contributed by atoms with Crippen LogP contribution in [0.4, 0.5) is 0 Å². The maximum absolute atomic E-state index is 12.5. The molecular formula is C20H26N4O2. The van der Waals surface area contributed by atoms with E-state index in [0.29, 0.717) is 13.0 Å². The van der Waals surface area contributed by atoms with Gasteiger partial charge in [0.05, 0.1) is 19.5 Å². The minimum absolute atomic E-state index is 0.171. The van der Waals surface area contributed by atoms with Crippen LogP contribution < -0.4 is 0 Å². The van der Waals surface area contributed by atoms with E-state index >= 15 is 0 Å². The van der Waals surface area contributed by atoms with Gasteiger partial charge in [-0.3, -0.25) is 9.69 Å². The lowest BCUT2D eigenvalue weighted by Crippen LogP contribution is -2.47. The van der Waals surface area contributed by atoms with Gasteiger partial charge in [-0.05, 0) is 30.5 Å². The van der Waals surface area contributed by atoms with Crippen molar-refractivity contribution in [1.82, 2.24) is 19.4 Å². The number of morpholine rings is 1. The minimum atomic E-state index is 0.171. The molecule has 0 radical (unpaired) electrons. The summed E-state index contributed by atoms with van der Waals surface area (Å²) in [5.74, 6) is 0.276. The van der Waals surface area contributed by atoms with Crippen molar-refractivity contribution in [3.8, 4) is 5.69 Å². The number of likely N-dealkylation sites (tertiary alicyclic amines) is 1. The van der Waals surface area contributed by atoms with Crippen molar-refractivity contribution in [3.05, 3.63) is 48.5 Å². The Morgan fingerprint density at radius 1 is 1.15 bits per heavy atom. The average molecular weight is 354 g/mol. The van der Waals surface area contributed by atoms with Gasteiger partial charge in [-0.15, -0.1) is 0 Å². The zero-order chi connectivity index (χ0) is 17.8. The Bertz CT molecular complexity index is 708. The van der Waals surface area contributed by atoms with E-state index in [1.807, 2.05) is 15.7 Å². The van der Waals surface area contributed by atoms with Gasteiger partial charge in [0.1, 0.15) is 0 Å². The number of benzene rings is 1. The van der Waals surface area contributed by atoms with Crippen LogP contribution in [-0.4, -0.2) is 64.1 Å². The van der Waals surface area contributed by atoms with Gasteiger partial charge in [-0.2, -0.15) is 0 Å². The van der Waals surface area contributed by atoms with Crippen molar-refractivity contribution in [1.29, 1.82) is 0 Å². The number of amides is 1. The average Bonchev–Trinajstić information content (AvgIpc) is 3.38. The molecule has 6 heteroatoms. The second-order valence-electron chi connectivity index (χ2n) is 7.13. The summed E-state index contributed by atoms with van der Waals surface area (Å²) >= 11 is 0. The predicted molar refractivity (Wildman–Crippen MR) is 99.0 cm³/mol. The third-order valence-electron chi connectivity index (χ3n) is 5.34. The third-order valence-corrected chi connectivity index (χ3v) is 5.34. The highest BCUT2D eigenvalue weighted by molar-refractivity contribution is 5.77. The third kappa shape index (κ3) is 3.97. The number of carbonyl (C=O) groups is 1. The molecule has 3 heterocycles. The highest BCUT2D eigenvalue weighted by Crippen LogP contribution is 2.19. The molecule has 2 aliphatic heterocycles. The topological polar surface area (TPSA) is 50.6 Å². The van der Waals surface area contributed by atoms with Crippen LogP contribution >= 0.6 is 0 Å². The molecule has 1 atom stereocenters. The van der Waals surface area contributed by atoms with Crippen molar-refractivity contribution < 1.29 is 9.53 Å². The van der Waals surface area contributed by atoms with Crippen LogP contribution in [0.3, 0.4) is 0 Å². The fourth-order valence-electron chi connectivity index (χ4n) is 3.80. The van der Waals surface area contributed by atoms with E-state index in [9.17, 15) is 4.79 Å². The highest BCUT2D eigenvalue weighted by Gasteiger charge is 2.28. The molecule has 1 aromatic heterocycles. The lowest BCUT2D eigenvalue weighted by atomic mass is 10.1. The molecule has 2 fully saturated rings. The minimum Gasteiger partial charge on any atom is -0.378 e. The summed E-state index contributed by atoms with van der Waals surface area (Å²) in [5, 5.41) is 0. The van der Waals surface area contributed by atoms with Crippen LogP contribution in [0.1, 0.15) is 24.8 Å². The molecule has 0 spiro atoms. The fourth-order valence-corrected chi connectivity index (χ4v) is 3.80. The van der Waals surface area contributed by atoms with Gasteiger partial charge in [-0.25, -0.2) is 4.98 Å². The van der Waals surface area contributed by atoms with Crippen molar-refractivity contribution in [2.24, 2.45) is 0 Å². The lowest BCUT2D eigenvalue weighted by Gasteiger charge is -2.36. The van der Waals surface area contributed by atoms with E-state index < -0.39 is 0 Å². The first-order chi connectivity index (χ1) is 12.8. The maximum atomic E-state index is 12.5. The van der Waals surface area contributed by atoms with Gasteiger partial charge in [0.2, 0.25) is 5.91 Å². The van der Waals surface area contributed by atoms with Gasteiger partial charge in [0, 0.05) is 56.7 Å². The molecule has 2 saturated heterocycles. The first kappa shape index (κ1) is 17.2. The smallest absolute Gasteiger partial charge is 0.224 e. The molecule has 0 saturated carbocycles. The first-order valence-electron chi connectivity index (χ1n) is 9.46. The van der Waals surface area contributed by atoms with Crippen LogP contribution in [0.2, 0.25) is 0 Å². The molecule has 1 amide bonds. The summed E-state index contributed by atoms with van der Waals surface area (Å²) in [4.78, 5) is 21.0. The molecular weight excluding hydrogens is 328 g/mol. The molecule has 0 N–H and O–H groups in total. The summed E-state index contributed by atoms with van der Waals surface area (Å²) in [6.07, 6.45) is 8.37. The highest BCUT2D eigenvalue weighted by atomic mass is 16.5. The van der Waals surface area contributed by atoms with E-state index in [-0.39, 0.29) is 11.9 Å². The Morgan fingerprint density at radius 3 is 2.69 bits per heavy atom. The predicted octanol–water partition coefficient (Wildman–Crippen LogP) is 2.09. The van der Waals surface area contributed by atoms with Crippen molar-refractivity contribution in [3.63, 3.8) is 0 Å². The normalized spacial score (nSPS) is 21.2. The second kappa shape index (κ2) is 8.01. The Labute approximate surface area is 154 Å². The van der Waals surface area contributed by atoms with Crippen molar-refractivity contribution in [2.45, 2.75) is 31.8 Å². The number of ether oxygens (including phenoxy) is 1. The number of hydrogen-bond donors (Lipinski definition) is 0. The van der Waals surface area contributed by atoms with E-state index in [1.165, 1.54) is 5.56 Å². The molecule has 2 aliphatic rings. The quantitative estimate of drug-likeness (QED) is 0.825. The molecule has 2 aromatic rings. The number of nitrogens with zero attached hydrogens (tertiary/aromatic N) is 4. The molecule has 0 aliphatic carbocycles. The molecule has 6 nitrogen and oxygen atoms in total. The molecule has 26 heavy (non-hydrogen) atoms. The molecule has 138 valence electrons. The summed E-state index contributed by atoms with van der Waals surface area (Å²) in [5.41, 5.74) is 2.36. The summed E-state index contributed by atoms with van der Waals surface area (Å²) in [6.45, 7) is 4.95. The standard InChI is InChI=1S/C20H26N4O2/c25-20(22-8-1-2-9-22)13-19-15-26-12-11-23(19)14-17-3-5-18(6-4-17)24-10-7-21-16-24/h3-7,10,16,19H,1-2,8-9,11-15H2/t19-/m1/s1. The number of aromatic nitrogens is 2. The first-order valence-corrected chi connectivity index (χ1v) is 9.46. The van der Waals surface area contributed by atoms with Crippen LogP contribution in [-0.2, 0) is 16.1 Å². The Hall–Kier alpha value is -2.18. The maximum Gasteiger partial charge on any atom is 0.224 e. The Morgan fingerprint density at radius 2 is 1.96 bits per heavy atom. The number of carbonyl (C=O) groups excluding carboxylic acids is 1. The van der Waals surface area contributed by atoms with Crippen molar-refractivity contribution >= 4 is 5.91 Å². The van der Waals surface area contributed by atoms with Crippen LogP contribution in [0.25, 0.3) is 5.69 Å². The SMILES string of the molecule is O=C(C[C@@H]1COCCN1Cc1ccc(-n2ccnc2)cc1)N1CCCC1. The zero-order valence-electron chi connectivity index (χ0n) is 15.1. The largest absolute Gasteiger partial charge is 0.378 e. The zero-order valence-corrected chi connectivity index (χ0v) is 15.1. The second-order valence-corrected chi connectivity index (χ2v) is 7.13. The van der Waals surface area contributed by atoms with E-state index in [0.717, 1.165) is 51.3 Å². The van der Waals surface area contributed by atoms with Gasteiger partial charge in [0.15, 0.2) is 0 Å². The van der Waals surface area contributed by atoms with Gasteiger partial charge in [0.25, 0.3) is 0 Å². The van der Waals surface area contributed by atoms with Gasteiger partial charge < -0.3 is 14.2 Å². The summed E-state index contributed by atoms with van der Waals surface area (Å²) in [6, 6.07) is 8.71. The Balaban J connectivity index is 1.39. The lowest BCUT2D eigenvalue weighted by molar-refractivity contribution is -0.133. The summed E-state index contributed by atoms with van der Waals surface area (Å²) < 4.78 is 7.66. The van der Waals surface area contributed by atoms with Crippen LogP contribution in [0.5, 0.6) is 0 Å². The van der Waals surface area contributed by atoms with E-state index in [1.54, 1.807) is 12.5 Å². The molecule has 0 unspecified atom stereocenters. The molecule has 4 rings (SSSR count). The molecule has 0 bridgehead atoms. The van der Waals surface area contributed by atoms with E-state index in [4.69, 9.17) is 4.74 Å². The number of hydrogen-bond acceptors (Lipinski definition) is 4. The van der Waals surface area contributed by atoms with Crippen molar-refractivity contribution in [2.75, 3.05) is 32.8 Å². The number of rotatable bonds is 5. The van der Waals surface area contributed by atoms with Gasteiger partial charge >= 0.3 is 0 Å². The van der Waals surface area contributed by atoms with E-state index in [2.05, 4.69) is 34.1 Å². The fraction of sp³-hybridized carbons (Fsp3) is 0.500.